The summed E-state index contributed by atoms with van der Waals surface area (Å²) in [7, 11) is 1.45. The van der Waals surface area contributed by atoms with Crippen LogP contribution in [-0.4, -0.2) is 24.5 Å². The predicted octanol–water partition coefficient (Wildman–Crippen LogP) is 1.44. The minimum Gasteiger partial charge on any atom is -0.496 e. The Balaban J connectivity index is 3.23. The van der Waals surface area contributed by atoms with Gasteiger partial charge in [-0.05, 0) is 24.6 Å². The molecule has 0 aliphatic rings. The molecule has 0 heterocycles. The molecular weight excluding hydrogens is 196 g/mol. The zero-order valence-corrected chi connectivity index (χ0v) is 8.61. The Hall–Kier alpha value is -1.84. The van der Waals surface area contributed by atoms with Crippen LogP contribution in [0.3, 0.4) is 0 Å². The normalized spacial score (nSPS) is 9.73. The molecule has 0 saturated heterocycles. The quantitative estimate of drug-likeness (QED) is 0.760. The molecule has 0 atom stereocenters. The molecule has 1 N–H and O–H groups in total. The van der Waals surface area contributed by atoms with Gasteiger partial charge in [0.1, 0.15) is 12.0 Å². The van der Waals surface area contributed by atoms with Crippen molar-refractivity contribution in [2.24, 2.45) is 0 Å². The van der Waals surface area contributed by atoms with Gasteiger partial charge in [0.15, 0.2) is 0 Å². The van der Waals surface area contributed by atoms with Gasteiger partial charge in [-0.2, -0.15) is 0 Å². The van der Waals surface area contributed by atoms with Gasteiger partial charge in [-0.3, -0.25) is 9.59 Å². The molecule has 0 aromatic heterocycles. The molecule has 15 heavy (non-hydrogen) atoms. The minimum atomic E-state index is -0.921. The van der Waals surface area contributed by atoms with Crippen LogP contribution in [0, 0.1) is 6.92 Å². The number of hydrogen-bond donors (Lipinski definition) is 1. The Labute approximate surface area is 87.5 Å². The van der Waals surface area contributed by atoms with Gasteiger partial charge in [-0.1, -0.05) is 0 Å². The molecule has 0 fully saturated rings. The summed E-state index contributed by atoms with van der Waals surface area (Å²) < 4.78 is 5.05. The molecule has 4 heteroatoms. The average molecular weight is 208 g/mol. The zero-order chi connectivity index (χ0) is 11.4. The maximum Gasteiger partial charge on any atom is 0.307 e. The first kappa shape index (κ1) is 11.2. The highest BCUT2D eigenvalue weighted by Gasteiger charge is 2.11. The van der Waals surface area contributed by atoms with Gasteiger partial charge in [0.2, 0.25) is 0 Å². The highest BCUT2D eigenvalue weighted by molar-refractivity contribution is 5.78. The zero-order valence-electron chi connectivity index (χ0n) is 8.61. The fourth-order valence-corrected chi connectivity index (χ4v) is 1.44. The van der Waals surface area contributed by atoms with Crippen LogP contribution in [0.1, 0.15) is 21.5 Å². The predicted molar refractivity (Wildman–Crippen MR) is 54.5 cm³/mol. The van der Waals surface area contributed by atoms with Crippen molar-refractivity contribution < 1.29 is 19.4 Å². The molecule has 1 aromatic rings. The number of benzene rings is 1. The van der Waals surface area contributed by atoms with Crippen LogP contribution >= 0.6 is 0 Å². The second-order valence-corrected chi connectivity index (χ2v) is 3.21. The van der Waals surface area contributed by atoms with Crippen LogP contribution in [-0.2, 0) is 11.2 Å². The Morgan fingerprint density at radius 1 is 1.53 bits per heavy atom. The Bertz CT molecular complexity index is 396. The number of carboxylic acid groups (broad SMARTS) is 1. The number of ether oxygens (including phenoxy) is 1. The van der Waals surface area contributed by atoms with E-state index in [1.807, 2.05) is 0 Å². The molecule has 80 valence electrons. The van der Waals surface area contributed by atoms with Crippen molar-refractivity contribution in [2.75, 3.05) is 7.11 Å². The Kier molecular flexibility index (Phi) is 3.44. The third-order valence-electron chi connectivity index (χ3n) is 2.14. The lowest BCUT2D eigenvalue weighted by atomic mass is 10.0. The van der Waals surface area contributed by atoms with Crippen molar-refractivity contribution in [3.63, 3.8) is 0 Å². The summed E-state index contributed by atoms with van der Waals surface area (Å²) in [6, 6.07) is 3.19. The van der Waals surface area contributed by atoms with E-state index in [1.54, 1.807) is 13.0 Å². The summed E-state index contributed by atoms with van der Waals surface area (Å²) in [6.45, 7) is 1.76. The Morgan fingerprint density at radius 2 is 2.20 bits per heavy atom. The highest BCUT2D eigenvalue weighted by Crippen LogP contribution is 2.24. The lowest BCUT2D eigenvalue weighted by molar-refractivity contribution is -0.136. The lowest BCUT2D eigenvalue weighted by Gasteiger charge is -2.10. The number of rotatable bonds is 4. The van der Waals surface area contributed by atoms with Gasteiger partial charge < -0.3 is 9.84 Å². The number of carboxylic acids is 1. The molecule has 4 nitrogen and oxygen atoms in total. The van der Waals surface area contributed by atoms with E-state index in [0.717, 1.165) is 5.56 Å². The first-order valence-electron chi connectivity index (χ1n) is 4.43. The fourth-order valence-electron chi connectivity index (χ4n) is 1.44. The fraction of sp³-hybridized carbons (Fsp3) is 0.273. The summed E-state index contributed by atoms with van der Waals surface area (Å²) in [5.74, 6) is -0.477. The van der Waals surface area contributed by atoms with E-state index >= 15 is 0 Å². The number of aryl methyl sites for hydroxylation is 1. The van der Waals surface area contributed by atoms with Crippen molar-refractivity contribution in [2.45, 2.75) is 13.3 Å². The standard InChI is InChI=1S/C11H12O4/c1-7-3-8(6-12)4-10(15-2)9(7)5-11(13)14/h3-4,6H,5H2,1-2H3,(H,13,14). The van der Waals surface area contributed by atoms with Gasteiger partial charge in [0.05, 0.1) is 13.5 Å². The monoisotopic (exact) mass is 208 g/mol. The molecule has 0 saturated carbocycles. The molecule has 0 amide bonds. The first-order valence-corrected chi connectivity index (χ1v) is 4.43. The maximum absolute atomic E-state index is 10.6. The van der Waals surface area contributed by atoms with E-state index < -0.39 is 5.97 Å². The van der Waals surface area contributed by atoms with Gasteiger partial charge in [0.25, 0.3) is 0 Å². The molecule has 0 aliphatic carbocycles. The summed E-state index contributed by atoms with van der Waals surface area (Å²) in [5.41, 5.74) is 1.84. The SMILES string of the molecule is COc1cc(C=O)cc(C)c1CC(=O)O. The van der Waals surface area contributed by atoms with Crippen LogP contribution in [0.4, 0.5) is 0 Å². The maximum atomic E-state index is 10.6. The van der Waals surface area contributed by atoms with E-state index in [9.17, 15) is 9.59 Å². The summed E-state index contributed by atoms with van der Waals surface area (Å²) in [4.78, 5) is 21.2. The number of methoxy groups -OCH3 is 1. The van der Waals surface area contributed by atoms with Crippen LogP contribution in [0.2, 0.25) is 0 Å². The number of carbonyl (C=O) groups excluding carboxylic acids is 1. The van der Waals surface area contributed by atoms with E-state index in [4.69, 9.17) is 9.84 Å². The van der Waals surface area contributed by atoms with Crippen LogP contribution in [0.5, 0.6) is 5.75 Å². The third-order valence-corrected chi connectivity index (χ3v) is 2.14. The van der Waals surface area contributed by atoms with E-state index in [2.05, 4.69) is 0 Å². The average Bonchev–Trinajstić information content (AvgIpc) is 2.20. The Morgan fingerprint density at radius 3 is 2.67 bits per heavy atom. The molecule has 0 radical (unpaired) electrons. The van der Waals surface area contributed by atoms with E-state index in [0.29, 0.717) is 23.2 Å². The van der Waals surface area contributed by atoms with Crippen molar-refractivity contribution >= 4 is 12.3 Å². The van der Waals surface area contributed by atoms with Crippen LogP contribution in [0.25, 0.3) is 0 Å². The van der Waals surface area contributed by atoms with Gasteiger partial charge in [-0.25, -0.2) is 0 Å². The van der Waals surface area contributed by atoms with Crippen molar-refractivity contribution in [3.05, 3.63) is 28.8 Å². The smallest absolute Gasteiger partial charge is 0.307 e. The molecule has 1 rings (SSSR count). The molecular formula is C11H12O4. The minimum absolute atomic E-state index is 0.103. The number of carbonyl (C=O) groups is 2. The topological polar surface area (TPSA) is 63.6 Å². The van der Waals surface area contributed by atoms with Crippen LogP contribution in [0.15, 0.2) is 12.1 Å². The van der Waals surface area contributed by atoms with Gasteiger partial charge in [0, 0.05) is 11.1 Å². The lowest BCUT2D eigenvalue weighted by Crippen LogP contribution is -2.05. The van der Waals surface area contributed by atoms with E-state index in [1.165, 1.54) is 13.2 Å². The summed E-state index contributed by atoms with van der Waals surface area (Å²) >= 11 is 0. The molecule has 0 bridgehead atoms. The number of aliphatic carboxylic acids is 1. The molecule has 1 aromatic carbocycles. The van der Waals surface area contributed by atoms with E-state index in [-0.39, 0.29) is 6.42 Å². The van der Waals surface area contributed by atoms with Crippen molar-refractivity contribution in [3.8, 4) is 5.75 Å². The van der Waals surface area contributed by atoms with Gasteiger partial charge in [-0.15, -0.1) is 0 Å². The van der Waals surface area contributed by atoms with Crippen molar-refractivity contribution in [1.29, 1.82) is 0 Å². The molecule has 0 spiro atoms. The van der Waals surface area contributed by atoms with Crippen molar-refractivity contribution in [1.82, 2.24) is 0 Å². The number of aldehydes is 1. The first-order chi connectivity index (χ1) is 7.08. The molecule has 0 unspecified atom stereocenters. The summed E-state index contributed by atoms with van der Waals surface area (Å²) in [6.07, 6.45) is 0.605. The largest absolute Gasteiger partial charge is 0.496 e. The third kappa shape index (κ3) is 2.56. The number of hydrogen-bond acceptors (Lipinski definition) is 3. The van der Waals surface area contributed by atoms with Crippen LogP contribution < -0.4 is 4.74 Å². The highest BCUT2D eigenvalue weighted by atomic mass is 16.5. The summed E-state index contributed by atoms with van der Waals surface area (Å²) in [5, 5.41) is 8.71. The van der Waals surface area contributed by atoms with Gasteiger partial charge >= 0.3 is 5.97 Å². The molecule has 0 aliphatic heterocycles. The second-order valence-electron chi connectivity index (χ2n) is 3.21. The second kappa shape index (κ2) is 4.59.